The van der Waals surface area contributed by atoms with Gasteiger partial charge in [-0.25, -0.2) is 9.97 Å². The van der Waals surface area contributed by atoms with Crippen LogP contribution >= 0.6 is 0 Å². The van der Waals surface area contributed by atoms with Crippen molar-refractivity contribution in [2.45, 2.75) is 6.42 Å². The van der Waals surface area contributed by atoms with Crippen LogP contribution in [-0.4, -0.2) is 37.2 Å². The summed E-state index contributed by atoms with van der Waals surface area (Å²) in [5, 5.41) is 2.69. The molecule has 0 atom stereocenters. The monoisotopic (exact) mass is 303 g/mol. The SMILES string of the molecule is COc1cc(NC(=O)Cc2ccc(OC)c(OC)c2)ncn1. The molecule has 0 aliphatic heterocycles. The van der Waals surface area contributed by atoms with Crippen LogP contribution in [0.3, 0.4) is 0 Å². The minimum atomic E-state index is -0.201. The maximum atomic E-state index is 12.1. The van der Waals surface area contributed by atoms with Gasteiger partial charge in [-0.15, -0.1) is 0 Å². The van der Waals surface area contributed by atoms with Gasteiger partial charge in [0.1, 0.15) is 12.1 Å². The summed E-state index contributed by atoms with van der Waals surface area (Å²) in [5.74, 6) is 1.77. The second-order valence-electron chi connectivity index (χ2n) is 4.36. The zero-order valence-corrected chi connectivity index (χ0v) is 12.6. The minimum Gasteiger partial charge on any atom is -0.493 e. The number of rotatable bonds is 6. The average Bonchev–Trinajstić information content (AvgIpc) is 2.54. The number of ether oxygens (including phenoxy) is 3. The van der Waals surface area contributed by atoms with Crippen molar-refractivity contribution in [2.24, 2.45) is 0 Å². The predicted molar refractivity (Wildman–Crippen MR) is 80.5 cm³/mol. The molecule has 1 aromatic heterocycles. The van der Waals surface area contributed by atoms with Crippen molar-refractivity contribution in [2.75, 3.05) is 26.6 Å². The van der Waals surface area contributed by atoms with E-state index in [-0.39, 0.29) is 12.3 Å². The Morgan fingerprint density at radius 1 is 1.05 bits per heavy atom. The number of hydrogen-bond acceptors (Lipinski definition) is 6. The lowest BCUT2D eigenvalue weighted by atomic mass is 10.1. The molecule has 0 radical (unpaired) electrons. The number of carbonyl (C=O) groups excluding carboxylic acids is 1. The van der Waals surface area contributed by atoms with Gasteiger partial charge in [0.15, 0.2) is 11.5 Å². The van der Waals surface area contributed by atoms with E-state index in [4.69, 9.17) is 14.2 Å². The van der Waals surface area contributed by atoms with Gasteiger partial charge in [0, 0.05) is 6.07 Å². The lowest BCUT2D eigenvalue weighted by molar-refractivity contribution is -0.115. The van der Waals surface area contributed by atoms with Crippen molar-refractivity contribution in [3.63, 3.8) is 0 Å². The number of amides is 1. The van der Waals surface area contributed by atoms with E-state index in [0.29, 0.717) is 23.2 Å². The number of benzene rings is 1. The van der Waals surface area contributed by atoms with E-state index in [1.165, 1.54) is 13.4 Å². The van der Waals surface area contributed by atoms with Crippen molar-refractivity contribution in [3.8, 4) is 17.4 Å². The largest absolute Gasteiger partial charge is 0.493 e. The van der Waals surface area contributed by atoms with Crippen molar-refractivity contribution in [1.29, 1.82) is 0 Å². The fraction of sp³-hybridized carbons (Fsp3) is 0.267. The van der Waals surface area contributed by atoms with Crippen LogP contribution in [0.1, 0.15) is 5.56 Å². The highest BCUT2D eigenvalue weighted by Crippen LogP contribution is 2.27. The first-order chi connectivity index (χ1) is 10.7. The van der Waals surface area contributed by atoms with Crippen LogP contribution in [0, 0.1) is 0 Å². The molecule has 1 aromatic carbocycles. The van der Waals surface area contributed by atoms with Gasteiger partial charge in [0.05, 0.1) is 27.8 Å². The summed E-state index contributed by atoms with van der Waals surface area (Å²) in [6, 6.07) is 6.88. The number of nitrogens with zero attached hydrogens (tertiary/aromatic N) is 2. The van der Waals surface area contributed by atoms with E-state index < -0.39 is 0 Å². The zero-order chi connectivity index (χ0) is 15.9. The fourth-order valence-electron chi connectivity index (χ4n) is 1.88. The Bertz CT molecular complexity index is 661. The predicted octanol–water partition coefficient (Wildman–Crippen LogP) is 1.68. The molecular weight excluding hydrogens is 286 g/mol. The van der Waals surface area contributed by atoms with Gasteiger partial charge in [0.2, 0.25) is 11.8 Å². The molecule has 7 heteroatoms. The van der Waals surface area contributed by atoms with Crippen molar-refractivity contribution < 1.29 is 19.0 Å². The van der Waals surface area contributed by atoms with Gasteiger partial charge in [0.25, 0.3) is 0 Å². The molecular formula is C15H17N3O4. The van der Waals surface area contributed by atoms with E-state index in [2.05, 4.69) is 15.3 Å². The highest BCUT2D eigenvalue weighted by molar-refractivity contribution is 5.91. The standard InChI is InChI=1S/C15H17N3O4/c1-20-11-5-4-10(6-12(11)21-2)7-14(19)18-13-8-15(22-3)17-9-16-13/h4-6,8-9H,7H2,1-3H3,(H,16,17,18,19). The topological polar surface area (TPSA) is 82.6 Å². The molecule has 0 unspecified atom stereocenters. The van der Waals surface area contributed by atoms with Crippen LogP contribution in [0.25, 0.3) is 0 Å². The Hall–Kier alpha value is -2.83. The van der Waals surface area contributed by atoms with Crippen molar-refractivity contribution >= 4 is 11.7 Å². The summed E-state index contributed by atoms with van der Waals surface area (Å²) >= 11 is 0. The fourth-order valence-corrected chi connectivity index (χ4v) is 1.88. The summed E-state index contributed by atoms with van der Waals surface area (Å²) in [7, 11) is 4.61. The number of anilines is 1. The highest BCUT2D eigenvalue weighted by Gasteiger charge is 2.09. The third-order valence-corrected chi connectivity index (χ3v) is 2.93. The van der Waals surface area contributed by atoms with Gasteiger partial charge in [-0.3, -0.25) is 4.79 Å². The van der Waals surface area contributed by atoms with E-state index in [1.54, 1.807) is 32.4 Å². The molecule has 2 rings (SSSR count). The lowest BCUT2D eigenvalue weighted by Gasteiger charge is -2.10. The smallest absolute Gasteiger partial charge is 0.229 e. The van der Waals surface area contributed by atoms with Crippen molar-refractivity contribution in [3.05, 3.63) is 36.2 Å². The molecule has 0 aliphatic carbocycles. The summed E-state index contributed by atoms with van der Waals surface area (Å²) in [6.45, 7) is 0. The normalized spacial score (nSPS) is 9.95. The second-order valence-corrected chi connectivity index (χ2v) is 4.36. The van der Waals surface area contributed by atoms with Crippen LogP contribution in [0.15, 0.2) is 30.6 Å². The maximum absolute atomic E-state index is 12.1. The maximum Gasteiger partial charge on any atom is 0.229 e. The average molecular weight is 303 g/mol. The number of aromatic nitrogens is 2. The van der Waals surface area contributed by atoms with Gasteiger partial charge in [-0.2, -0.15) is 0 Å². The van der Waals surface area contributed by atoms with Gasteiger partial charge >= 0.3 is 0 Å². The Morgan fingerprint density at radius 3 is 2.50 bits per heavy atom. The molecule has 116 valence electrons. The first-order valence-electron chi connectivity index (χ1n) is 6.53. The summed E-state index contributed by atoms with van der Waals surface area (Å²) in [5.41, 5.74) is 0.802. The molecule has 0 bridgehead atoms. The first-order valence-corrected chi connectivity index (χ1v) is 6.53. The molecule has 1 heterocycles. The van der Waals surface area contributed by atoms with Crippen LogP contribution in [0.5, 0.6) is 17.4 Å². The van der Waals surface area contributed by atoms with Gasteiger partial charge < -0.3 is 19.5 Å². The number of methoxy groups -OCH3 is 3. The Morgan fingerprint density at radius 2 is 1.82 bits per heavy atom. The number of hydrogen-bond donors (Lipinski definition) is 1. The molecule has 22 heavy (non-hydrogen) atoms. The molecule has 1 amide bonds. The molecule has 0 saturated heterocycles. The molecule has 0 spiro atoms. The van der Waals surface area contributed by atoms with Crippen LogP contribution in [-0.2, 0) is 11.2 Å². The third kappa shape index (κ3) is 3.85. The van der Waals surface area contributed by atoms with E-state index in [0.717, 1.165) is 5.56 Å². The lowest BCUT2D eigenvalue weighted by Crippen LogP contribution is -2.15. The molecule has 2 aromatic rings. The molecule has 0 aliphatic rings. The van der Waals surface area contributed by atoms with E-state index in [9.17, 15) is 4.79 Å². The number of nitrogens with one attached hydrogen (secondary N) is 1. The van der Waals surface area contributed by atoms with Crippen molar-refractivity contribution in [1.82, 2.24) is 9.97 Å². The van der Waals surface area contributed by atoms with E-state index in [1.807, 2.05) is 6.07 Å². The second kappa shape index (κ2) is 7.26. The Kier molecular flexibility index (Phi) is 5.13. The molecule has 7 nitrogen and oxygen atoms in total. The van der Waals surface area contributed by atoms with Gasteiger partial charge in [-0.05, 0) is 17.7 Å². The molecule has 0 fully saturated rings. The Balaban J connectivity index is 2.05. The minimum absolute atomic E-state index is 0.187. The van der Waals surface area contributed by atoms with Gasteiger partial charge in [-0.1, -0.05) is 6.07 Å². The third-order valence-electron chi connectivity index (χ3n) is 2.93. The molecule has 1 N–H and O–H groups in total. The summed E-state index contributed by atoms with van der Waals surface area (Å²) in [4.78, 5) is 19.9. The van der Waals surface area contributed by atoms with Crippen LogP contribution in [0.4, 0.5) is 5.82 Å². The van der Waals surface area contributed by atoms with Crippen LogP contribution < -0.4 is 19.5 Å². The summed E-state index contributed by atoms with van der Waals surface area (Å²) in [6.07, 6.45) is 1.51. The van der Waals surface area contributed by atoms with Crippen LogP contribution in [0.2, 0.25) is 0 Å². The number of carbonyl (C=O) groups is 1. The zero-order valence-electron chi connectivity index (χ0n) is 12.6. The van der Waals surface area contributed by atoms with E-state index >= 15 is 0 Å². The quantitative estimate of drug-likeness (QED) is 0.874. The molecule has 0 saturated carbocycles. The summed E-state index contributed by atoms with van der Waals surface area (Å²) < 4.78 is 15.4. The first kappa shape index (κ1) is 15.6. The highest BCUT2D eigenvalue weighted by atomic mass is 16.5. The Labute approximate surface area is 128 Å².